The number of nitrogens with zero attached hydrogens (tertiary/aromatic N) is 3. The minimum absolute atomic E-state index is 0.0360. The molecule has 7 heteroatoms. The third kappa shape index (κ3) is 3.98. The Labute approximate surface area is 162 Å². The van der Waals surface area contributed by atoms with E-state index in [4.69, 9.17) is 4.74 Å². The van der Waals surface area contributed by atoms with Crippen molar-refractivity contribution in [3.8, 4) is 17.4 Å². The topological polar surface area (TPSA) is 96.4 Å². The molecule has 0 bridgehead atoms. The lowest BCUT2D eigenvalue weighted by Crippen LogP contribution is -2.00. The molecule has 0 aliphatic heterocycles. The zero-order valence-electron chi connectivity index (χ0n) is 16.1. The number of hydrogen-bond donors (Lipinski definition) is 2. The summed E-state index contributed by atoms with van der Waals surface area (Å²) in [6.45, 7) is 4.85. The third-order valence-electron chi connectivity index (χ3n) is 4.50. The minimum atomic E-state index is -0.564. The van der Waals surface area contributed by atoms with Crippen molar-refractivity contribution in [2.45, 2.75) is 26.8 Å². The smallest absolute Gasteiger partial charge is 0.295 e. The maximum atomic E-state index is 12.3. The zero-order valence-corrected chi connectivity index (χ0v) is 16.1. The van der Waals surface area contributed by atoms with Crippen LogP contribution in [0.4, 0.5) is 5.69 Å². The van der Waals surface area contributed by atoms with E-state index in [9.17, 15) is 15.0 Å². The molecule has 0 spiro atoms. The molecule has 7 nitrogen and oxygen atoms in total. The summed E-state index contributed by atoms with van der Waals surface area (Å²) < 4.78 is 7.05. The van der Waals surface area contributed by atoms with Crippen LogP contribution in [0, 0.1) is 5.92 Å². The standard InChI is InChI=1S/C21H23N3O4/c1-13(2)10-11-24-18-9-8-16(28-3)12-17(18)19(21(24)27)22-23-20(26)14-4-6-15(25)7-5-14/h4-9,12-13,25,27H,10-11H2,1-3H3. The molecule has 0 saturated heterocycles. The summed E-state index contributed by atoms with van der Waals surface area (Å²) in [5.74, 6) is 0.550. The first-order valence-corrected chi connectivity index (χ1v) is 9.05. The Morgan fingerprint density at radius 1 is 1.14 bits per heavy atom. The molecule has 2 N–H and O–H groups in total. The fourth-order valence-corrected chi connectivity index (χ4v) is 2.90. The molecule has 0 radical (unpaired) electrons. The number of benzene rings is 2. The zero-order chi connectivity index (χ0) is 20.3. The molecule has 0 unspecified atom stereocenters. The Hall–Kier alpha value is -3.35. The van der Waals surface area contributed by atoms with Gasteiger partial charge in [0.15, 0.2) is 5.69 Å². The van der Waals surface area contributed by atoms with Gasteiger partial charge in [0.1, 0.15) is 11.5 Å². The maximum absolute atomic E-state index is 12.3. The number of carbonyl (C=O) groups excluding carboxylic acids is 1. The number of methoxy groups -OCH3 is 1. The van der Waals surface area contributed by atoms with Crippen LogP contribution in [0.25, 0.3) is 10.9 Å². The van der Waals surface area contributed by atoms with E-state index in [-0.39, 0.29) is 17.3 Å². The van der Waals surface area contributed by atoms with Crippen LogP contribution in [-0.4, -0.2) is 27.8 Å². The number of aromatic hydroxyl groups is 2. The number of ether oxygens (including phenoxy) is 1. The molecule has 1 aromatic heterocycles. The predicted octanol–water partition coefficient (Wildman–Crippen LogP) is 5.03. The second-order valence-corrected chi connectivity index (χ2v) is 6.94. The molecule has 1 heterocycles. The highest BCUT2D eigenvalue weighted by Crippen LogP contribution is 2.40. The number of carbonyl (C=O) groups is 1. The molecule has 146 valence electrons. The van der Waals surface area contributed by atoms with Crippen molar-refractivity contribution in [3.63, 3.8) is 0 Å². The van der Waals surface area contributed by atoms with E-state index in [1.807, 2.05) is 12.1 Å². The van der Waals surface area contributed by atoms with Crippen molar-refractivity contribution < 1.29 is 19.7 Å². The van der Waals surface area contributed by atoms with Gasteiger partial charge in [0.05, 0.1) is 12.6 Å². The van der Waals surface area contributed by atoms with Crippen molar-refractivity contribution in [1.82, 2.24) is 4.57 Å². The third-order valence-corrected chi connectivity index (χ3v) is 4.50. The van der Waals surface area contributed by atoms with Crippen LogP contribution in [-0.2, 0) is 6.54 Å². The molecule has 28 heavy (non-hydrogen) atoms. The average Bonchev–Trinajstić information content (AvgIpc) is 2.95. The SMILES string of the molecule is COc1ccc2c(c1)c(N=NC(=O)c1ccc(O)cc1)c(O)n2CCC(C)C. The van der Waals surface area contributed by atoms with Gasteiger partial charge in [-0.3, -0.25) is 4.79 Å². The monoisotopic (exact) mass is 381 g/mol. The van der Waals surface area contributed by atoms with E-state index in [0.29, 0.717) is 29.2 Å². The second kappa shape index (κ2) is 8.12. The number of azo groups is 1. The second-order valence-electron chi connectivity index (χ2n) is 6.94. The van der Waals surface area contributed by atoms with Crippen LogP contribution < -0.4 is 4.74 Å². The highest BCUT2D eigenvalue weighted by atomic mass is 16.5. The molecule has 1 amide bonds. The van der Waals surface area contributed by atoms with Crippen LogP contribution in [0.15, 0.2) is 52.7 Å². The molecular weight excluding hydrogens is 358 g/mol. The quantitative estimate of drug-likeness (QED) is 0.585. The van der Waals surface area contributed by atoms with E-state index < -0.39 is 5.91 Å². The Balaban J connectivity index is 2.01. The predicted molar refractivity (Wildman–Crippen MR) is 107 cm³/mol. The summed E-state index contributed by atoms with van der Waals surface area (Å²) in [6, 6.07) is 11.2. The van der Waals surface area contributed by atoms with Gasteiger partial charge in [0.2, 0.25) is 5.88 Å². The fourth-order valence-electron chi connectivity index (χ4n) is 2.90. The van der Waals surface area contributed by atoms with Crippen molar-refractivity contribution in [2.75, 3.05) is 7.11 Å². The Morgan fingerprint density at radius 3 is 2.50 bits per heavy atom. The Morgan fingerprint density at radius 2 is 1.86 bits per heavy atom. The van der Waals surface area contributed by atoms with Crippen LogP contribution in [0.1, 0.15) is 30.6 Å². The van der Waals surface area contributed by atoms with Gasteiger partial charge in [0.25, 0.3) is 5.91 Å². The first kappa shape index (κ1) is 19.4. The van der Waals surface area contributed by atoms with Gasteiger partial charge in [-0.05, 0) is 54.8 Å². The normalized spacial score (nSPS) is 11.6. The molecule has 0 aliphatic rings. The van der Waals surface area contributed by atoms with Crippen LogP contribution in [0.2, 0.25) is 0 Å². The number of fused-ring (bicyclic) bond motifs is 1. The van der Waals surface area contributed by atoms with E-state index in [1.54, 1.807) is 17.7 Å². The number of phenols is 1. The van der Waals surface area contributed by atoms with E-state index >= 15 is 0 Å². The molecule has 0 saturated carbocycles. The van der Waals surface area contributed by atoms with Crippen molar-refractivity contribution in [1.29, 1.82) is 0 Å². The van der Waals surface area contributed by atoms with Gasteiger partial charge in [0, 0.05) is 17.5 Å². The molecule has 2 aromatic carbocycles. The summed E-state index contributed by atoms with van der Waals surface area (Å²) in [7, 11) is 1.56. The lowest BCUT2D eigenvalue weighted by molar-refractivity contribution is 0.0995. The Bertz CT molecular complexity index is 1020. The van der Waals surface area contributed by atoms with Crippen LogP contribution in [0.5, 0.6) is 17.4 Å². The lowest BCUT2D eigenvalue weighted by atomic mass is 10.1. The largest absolute Gasteiger partial charge is 0.508 e. The molecule has 3 aromatic rings. The average molecular weight is 381 g/mol. The summed E-state index contributed by atoms with van der Waals surface area (Å²) in [6.07, 6.45) is 0.881. The van der Waals surface area contributed by atoms with Crippen LogP contribution in [0.3, 0.4) is 0 Å². The summed E-state index contributed by atoms with van der Waals surface area (Å²) in [5, 5.41) is 28.5. The van der Waals surface area contributed by atoms with Crippen molar-refractivity contribution in [3.05, 3.63) is 48.0 Å². The number of aromatic nitrogens is 1. The van der Waals surface area contributed by atoms with Gasteiger partial charge >= 0.3 is 0 Å². The Kier molecular flexibility index (Phi) is 5.63. The molecular formula is C21H23N3O4. The highest BCUT2D eigenvalue weighted by Gasteiger charge is 2.18. The van der Waals surface area contributed by atoms with E-state index in [2.05, 4.69) is 24.1 Å². The number of rotatable bonds is 6. The highest BCUT2D eigenvalue weighted by molar-refractivity contribution is 5.98. The number of amides is 1. The van der Waals surface area contributed by atoms with Crippen molar-refractivity contribution >= 4 is 22.5 Å². The van der Waals surface area contributed by atoms with Crippen LogP contribution >= 0.6 is 0 Å². The number of hydrogen-bond acceptors (Lipinski definition) is 5. The van der Waals surface area contributed by atoms with E-state index in [0.717, 1.165) is 11.9 Å². The van der Waals surface area contributed by atoms with Crippen molar-refractivity contribution in [2.24, 2.45) is 16.1 Å². The summed E-state index contributed by atoms with van der Waals surface area (Å²) in [5.41, 5.74) is 1.32. The summed E-state index contributed by atoms with van der Waals surface area (Å²) >= 11 is 0. The molecule has 3 rings (SSSR count). The van der Waals surface area contributed by atoms with Gasteiger partial charge in [-0.1, -0.05) is 13.8 Å². The summed E-state index contributed by atoms with van der Waals surface area (Å²) in [4.78, 5) is 12.3. The number of phenolic OH excluding ortho intramolecular Hbond substituents is 1. The van der Waals surface area contributed by atoms with Gasteiger partial charge < -0.3 is 19.5 Å². The first-order valence-electron chi connectivity index (χ1n) is 9.05. The number of aryl methyl sites for hydroxylation is 1. The molecule has 0 aliphatic carbocycles. The van der Waals surface area contributed by atoms with Gasteiger partial charge in [-0.25, -0.2) is 0 Å². The maximum Gasteiger partial charge on any atom is 0.295 e. The fraction of sp³-hybridized carbons (Fsp3) is 0.286. The van der Waals surface area contributed by atoms with Gasteiger partial charge in [-0.2, -0.15) is 0 Å². The van der Waals surface area contributed by atoms with E-state index in [1.165, 1.54) is 24.3 Å². The first-order chi connectivity index (χ1) is 13.4. The molecule has 0 fully saturated rings. The van der Waals surface area contributed by atoms with Gasteiger partial charge in [-0.15, -0.1) is 10.2 Å². The minimum Gasteiger partial charge on any atom is -0.508 e. The molecule has 0 atom stereocenters. The lowest BCUT2D eigenvalue weighted by Gasteiger charge is -2.09.